The number of carbonyl (C=O) groups is 2. The zero-order chi connectivity index (χ0) is 29.4. The van der Waals surface area contributed by atoms with Crippen molar-refractivity contribution in [1.82, 2.24) is 0 Å². The van der Waals surface area contributed by atoms with Crippen LogP contribution in [0, 0.1) is 5.92 Å². The van der Waals surface area contributed by atoms with Crippen LogP contribution >= 0.6 is 0 Å². The topological polar surface area (TPSA) is 113 Å². The van der Waals surface area contributed by atoms with Crippen LogP contribution in [-0.2, 0) is 33.2 Å². The molecule has 0 aliphatic carbocycles. The summed E-state index contributed by atoms with van der Waals surface area (Å²) in [4.78, 5) is 24.8. The SMILES string of the molecule is C=C1C[C@H](C)C[C@@H]2CC=C[C@@H](C/C=C\C(=O)O[C@H]([C@@H](O)/C=C/[C@@H]3CC(C)=CCO3)C[C@@H]3O[C@H]3[C@H](OC(=O)OC)C1)O2. The average Bonchev–Trinajstić information content (AvgIpc) is 3.69. The van der Waals surface area contributed by atoms with E-state index in [9.17, 15) is 14.7 Å². The fourth-order valence-electron chi connectivity index (χ4n) is 5.71. The van der Waals surface area contributed by atoms with Crippen LogP contribution in [0.2, 0.25) is 0 Å². The van der Waals surface area contributed by atoms with Crippen LogP contribution in [-0.4, -0.2) is 79.8 Å². The van der Waals surface area contributed by atoms with E-state index in [2.05, 4.69) is 19.6 Å². The van der Waals surface area contributed by atoms with Gasteiger partial charge in [0.2, 0.25) is 0 Å². The van der Waals surface area contributed by atoms with E-state index in [0.29, 0.717) is 25.4 Å². The monoisotopic (exact) mass is 572 g/mol. The lowest BCUT2D eigenvalue weighted by atomic mass is 9.90. The molecular formula is C32H44O9. The van der Waals surface area contributed by atoms with Crippen molar-refractivity contribution in [3.05, 3.63) is 60.3 Å². The highest BCUT2D eigenvalue weighted by molar-refractivity contribution is 5.82. The van der Waals surface area contributed by atoms with Crippen LogP contribution < -0.4 is 0 Å². The van der Waals surface area contributed by atoms with Gasteiger partial charge in [-0.25, -0.2) is 9.59 Å². The molecule has 226 valence electrons. The number of epoxide rings is 1. The zero-order valence-corrected chi connectivity index (χ0v) is 24.3. The third-order valence-electron chi connectivity index (χ3n) is 7.84. The minimum Gasteiger partial charge on any atom is -0.456 e. The zero-order valence-electron chi connectivity index (χ0n) is 24.3. The summed E-state index contributed by atoms with van der Waals surface area (Å²) >= 11 is 0. The molecule has 41 heavy (non-hydrogen) atoms. The van der Waals surface area contributed by atoms with Gasteiger partial charge in [0.25, 0.3) is 0 Å². The first-order valence-corrected chi connectivity index (χ1v) is 14.6. The second-order valence-electron chi connectivity index (χ2n) is 11.6. The fraction of sp³-hybridized carbons (Fsp3) is 0.625. The molecule has 0 radical (unpaired) electrons. The van der Waals surface area contributed by atoms with E-state index in [0.717, 1.165) is 31.3 Å². The van der Waals surface area contributed by atoms with Crippen LogP contribution in [0.1, 0.15) is 58.8 Å². The van der Waals surface area contributed by atoms with Crippen LogP contribution in [0.4, 0.5) is 4.79 Å². The largest absolute Gasteiger partial charge is 0.508 e. The Hall–Kier alpha value is -2.72. The standard InChI is InChI=1S/C32H44O9/c1-20-13-14-37-24(16-20)11-12-26(33)27-19-29-31(40-29)28(41-32(35)36-4)18-22(3)15-21(2)17-25-9-5-7-23(38-25)8-6-10-30(34)39-27/h5-7,10-13,21,23-29,31,33H,3,8-9,14-19H2,1-2,4H3/b10-6-,12-11+/t21-,23-,24+,25-,26-,27-,28+,29-,31-/m0/s1. The van der Waals surface area contributed by atoms with Gasteiger partial charge < -0.3 is 33.5 Å². The van der Waals surface area contributed by atoms with E-state index in [4.69, 9.17) is 28.4 Å². The molecule has 0 amide bonds. The normalized spacial score (nSPS) is 36.6. The van der Waals surface area contributed by atoms with Crippen molar-refractivity contribution in [2.75, 3.05) is 13.7 Å². The molecule has 4 heterocycles. The molecule has 0 unspecified atom stereocenters. The van der Waals surface area contributed by atoms with Gasteiger partial charge in [0.15, 0.2) is 0 Å². The Morgan fingerprint density at radius 3 is 2.78 bits per heavy atom. The summed E-state index contributed by atoms with van der Waals surface area (Å²) in [6.07, 6.45) is 12.7. The first kappa shape index (κ1) is 31.2. The van der Waals surface area contributed by atoms with Crippen LogP contribution in [0.15, 0.2) is 60.3 Å². The number of ether oxygens (including phenoxy) is 6. The highest BCUT2D eigenvalue weighted by Crippen LogP contribution is 2.36. The van der Waals surface area contributed by atoms with E-state index in [1.807, 2.05) is 19.1 Å². The van der Waals surface area contributed by atoms with Gasteiger partial charge >= 0.3 is 12.1 Å². The molecule has 1 saturated heterocycles. The van der Waals surface area contributed by atoms with Gasteiger partial charge in [-0.1, -0.05) is 61.1 Å². The first-order chi connectivity index (χ1) is 19.7. The summed E-state index contributed by atoms with van der Waals surface area (Å²) in [5.41, 5.74) is 2.16. The lowest BCUT2D eigenvalue weighted by molar-refractivity contribution is -0.148. The molecule has 2 bridgehead atoms. The van der Waals surface area contributed by atoms with Gasteiger partial charge in [0, 0.05) is 18.9 Å². The molecule has 1 fully saturated rings. The van der Waals surface area contributed by atoms with Gasteiger partial charge in [-0.05, 0) is 44.9 Å². The Morgan fingerprint density at radius 1 is 1.17 bits per heavy atom. The number of hydrogen-bond acceptors (Lipinski definition) is 9. The number of aliphatic hydroxyl groups excluding tert-OH is 1. The number of fused-ring (bicyclic) bond motifs is 3. The number of methoxy groups -OCH3 is 1. The highest BCUT2D eigenvalue weighted by Gasteiger charge is 2.49. The predicted molar refractivity (Wildman–Crippen MR) is 152 cm³/mol. The van der Waals surface area contributed by atoms with Crippen molar-refractivity contribution in [1.29, 1.82) is 0 Å². The number of aliphatic hydroxyl groups is 1. The highest BCUT2D eigenvalue weighted by atomic mass is 16.7. The summed E-state index contributed by atoms with van der Waals surface area (Å²) in [5.74, 6) is -0.244. The Balaban J connectivity index is 1.50. The van der Waals surface area contributed by atoms with Crippen LogP contribution in [0.25, 0.3) is 0 Å². The molecule has 0 aromatic heterocycles. The number of rotatable bonds is 4. The molecule has 9 atom stereocenters. The van der Waals surface area contributed by atoms with Crippen LogP contribution in [0.3, 0.4) is 0 Å². The predicted octanol–water partition coefficient (Wildman–Crippen LogP) is 4.90. The second-order valence-corrected chi connectivity index (χ2v) is 11.6. The van der Waals surface area contributed by atoms with Crippen molar-refractivity contribution in [3.63, 3.8) is 0 Å². The Labute approximate surface area is 242 Å². The number of carbonyl (C=O) groups excluding carboxylic acids is 2. The third-order valence-corrected chi connectivity index (χ3v) is 7.84. The number of cyclic esters (lactones) is 1. The molecule has 4 aliphatic heterocycles. The maximum absolute atomic E-state index is 12.8. The lowest BCUT2D eigenvalue weighted by Crippen LogP contribution is -2.33. The van der Waals surface area contributed by atoms with E-state index >= 15 is 0 Å². The summed E-state index contributed by atoms with van der Waals surface area (Å²) in [7, 11) is 1.26. The van der Waals surface area contributed by atoms with Crippen LogP contribution in [0.5, 0.6) is 0 Å². The van der Waals surface area contributed by atoms with Crippen molar-refractivity contribution in [2.45, 2.75) is 108 Å². The van der Waals surface area contributed by atoms with Crippen molar-refractivity contribution in [2.24, 2.45) is 5.92 Å². The van der Waals surface area contributed by atoms with Crippen molar-refractivity contribution >= 4 is 12.1 Å². The van der Waals surface area contributed by atoms with Crippen molar-refractivity contribution < 1.29 is 43.1 Å². The molecule has 4 rings (SSSR count). The molecule has 0 aromatic carbocycles. The molecule has 1 N–H and O–H groups in total. The van der Waals surface area contributed by atoms with Gasteiger partial charge in [-0.3, -0.25) is 0 Å². The quantitative estimate of drug-likeness (QED) is 0.286. The molecule has 4 aliphatic rings. The molecule has 9 nitrogen and oxygen atoms in total. The summed E-state index contributed by atoms with van der Waals surface area (Å²) in [6, 6.07) is 0. The number of hydrogen-bond donors (Lipinski definition) is 1. The molecule has 0 spiro atoms. The van der Waals surface area contributed by atoms with Gasteiger partial charge in [0.05, 0.1) is 38.1 Å². The molecule has 0 saturated carbocycles. The maximum atomic E-state index is 12.8. The summed E-state index contributed by atoms with van der Waals surface area (Å²) in [5, 5.41) is 11.1. The Bertz CT molecular complexity index is 1040. The first-order valence-electron chi connectivity index (χ1n) is 14.6. The molecule has 9 heteroatoms. The second kappa shape index (κ2) is 15.0. The minimum absolute atomic E-state index is 0.0732. The third kappa shape index (κ3) is 9.95. The Kier molecular flexibility index (Phi) is 11.4. The molecular weight excluding hydrogens is 528 g/mol. The molecule has 0 aromatic rings. The van der Waals surface area contributed by atoms with E-state index < -0.39 is 36.5 Å². The van der Waals surface area contributed by atoms with E-state index in [1.165, 1.54) is 18.8 Å². The summed E-state index contributed by atoms with van der Waals surface area (Å²) < 4.78 is 33.9. The maximum Gasteiger partial charge on any atom is 0.508 e. The number of esters is 1. The van der Waals surface area contributed by atoms with Crippen molar-refractivity contribution in [3.8, 4) is 0 Å². The Morgan fingerprint density at radius 2 is 2.00 bits per heavy atom. The van der Waals surface area contributed by atoms with Gasteiger partial charge in [-0.2, -0.15) is 0 Å². The lowest BCUT2D eigenvalue weighted by Gasteiger charge is -2.28. The van der Waals surface area contributed by atoms with Gasteiger partial charge in [0.1, 0.15) is 24.4 Å². The van der Waals surface area contributed by atoms with E-state index in [1.54, 1.807) is 18.2 Å². The minimum atomic E-state index is -1.08. The van der Waals surface area contributed by atoms with Gasteiger partial charge in [-0.15, -0.1) is 0 Å². The summed E-state index contributed by atoms with van der Waals surface area (Å²) in [6.45, 7) is 8.98. The smallest absolute Gasteiger partial charge is 0.456 e. The fourth-order valence-corrected chi connectivity index (χ4v) is 5.71. The van der Waals surface area contributed by atoms with E-state index in [-0.39, 0.29) is 30.8 Å². The average molecular weight is 573 g/mol.